The molecule has 1 aromatic rings. The Kier molecular flexibility index (Phi) is 2.47. The third-order valence-corrected chi connectivity index (χ3v) is 2.34. The van der Waals surface area contributed by atoms with Crippen molar-refractivity contribution in [1.29, 1.82) is 0 Å². The van der Waals surface area contributed by atoms with Crippen molar-refractivity contribution in [3.63, 3.8) is 0 Å². The van der Waals surface area contributed by atoms with Crippen molar-refractivity contribution in [3.05, 3.63) is 16.4 Å². The molecule has 0 saturated carbocycles. The number of carboxylic acids is 1. The van der Waals surface area contributed by atoms with Crippen molar-refractivity contribution in [1.82, 2.24) is 9.78 Å². The summed E-state index contributed by atoms with van der Waals surface area (Å²) in [6, 6.07) is 0. The molecular formula is C8H11BrN2O2. The average molecular weight is 247 g/mol. The molecule has 13 heavy (non-hydrogen) atoms. The van der Waals surface area contributed by atoms with Crippen molar-refractivity contribution in [3.8, 4) is 0 Å². The van der Waals surface area contributed by atoms with Crippen molar-refractivity contribution >= 4 is 21.9 Å². The lowest BCUT2D eigenvalue weighted by Crippen LogP contribution is -2.23. The van der Waals surface area contributed by atoms with E-state index in [9.17, 15) is 4.79 Å². The minimum Gasteiger partial charge on any atom is -0.478 e. The number of hydrogen-bond donors (Lipinski definition) is 1. The van der Waals surface area contributed by atoms with E-state index in [2.05, 4.69) is 21.0 Å². The molecule has 1 N–H and O–H groups in total. The fourth-order valence-electron chi connectivity index (χ4n) is 0.945. The number of aromatic nitrogens is 2. The molecule has 0 bridgehead atoms. The maximum Gasteiger partial charge on any atom is 0.340 e. The number of rotatable bonds is 1. The lowest BCUT2D eigenvalue weighted by atomic mass is 10.1. The van der Waals surface area contributed by atoms with Crippen LogP contribution < -0.4 is 0 Å². The van der Waals surface area contributed by atoms with Gasteiger partial charge in [0.15, 0.2) is 0 Å². The first kappa shape index (κ1) is 10.2. The van der Waals surface area contributed by atoms with Gasteiger partial charge >= 0.3 is 5.97 Å². The molecule has 0 atom stereocenters. The van der Waals surface area contributed by atoms with Crippen LogP contribution in [-0.2, 0) is 5.54 Å². The maximum atomic E-state index is 10.7. The molecule has 0 fully saturated rings. The molecule has 0 unspecified atom stereocenters. The molecular weight excluding hydrogens is 236 g/mol. The van der Waals surface area contributed by atoms with E-state index < -0.39 is 5.97 Å². The standard InChI is InChI=1S/C8H11BrN2O2/c1-8(2,3)11-6(9)5(4-10-11)7(12)13/h4H,1-3H3,(H,12,13). The SMILES string of the molecule is CC(C)(C)n1ncc(C(=O)O)c1Br. The molecule has 0 aliphatic heterocycles. The quantitative estimate of drug-likeness (QED) is 0.826. The van der Waals surface area contributed by atoms with Gasteiger partial charge in [0.1, 0.15) is 10.2 Å². The molecule has 0 amide bonds. The lowest BCUT2D eigenvalue weighted by Gasteiger charge is -2.20. The van der Waals surface area contributed by atoms with Crippen molar-refractivity contribution in [2.24, 2.45) is 0 Å². The van der Waals surface area contributed by atoms with Crippen LogP contribution in [0.5, 0.6) is 0 Å². The summed E-state index contributed by atoms with van der Waals surface area (Å²) in [7, 11) is 0. The van der Waals surface area contributed by atoms with E-state index in [1.165, 1.54) is 6.20 Å². The van der Waals surface area contributed by atoms with Crippen LogP contribution >= 0.6 is 15.9 Å². The Bertz CT molecular complexity index is 338. The lowest BCUT2D eigenvalue weighted by molar-refractivity contribution is 0.0695. The molecule has 1 aromatic heterocycles. The summed E-state index contributed by atoms with van der Waals surface area (Å²) < 4.78 is 2.14. The molecule has 0 aliphatic rings. The van der Waals surface area contributed by atoms with Crippen LogP contribution in [-0.4, -0.2) is 20.9 Å². The van der Waals surface area contributed by atoms with Crippen LogP contribution in [0.15, 0.2) is 10.8 Å². The smallest absolute Gasteiger partial charge is 0.340 e. The Morgan fingerprint density at radius 3 is 2.38 bits per heavy atom. The van der Waals surface area contributed by atoms with Crippen LogP contribution in [0.3, 0.4) is 0 Å². The molecule has 0 spiro atoms. The van der Waals surface area contributed by atoms with Crippen LogP contribution in [0.1, 0.15) is 31.1 Å². The highest BCUT2D eigenvalue weighted by Crippen LogP contribution is 2.23. The zero-order chi connectivity index (χ0) is 10.2. The molecule has 4 nitrogen and oxygen atoms in total. The summed E-state index contributed by atoms with van der Waals surface area (Å²) in [5.41, 5.74) is -0.0260. The molecule has 0 radical (unpaired) electrons. The highest BCUT2D eigenvalue weighted by atomic mass is 79.9. The van der Waals surface area contributed by atoms with Gasteiger partial charge in [-0.2, -0.15) is 5.10 Å². The van der Waals surface area contributed by atoms with Gasteiger partial charge in [-0.15, -0.1) is 0 Å². The normalized spacial score (nSPS) is 11.7. The number of nitrogens with zero attached hydrogens (tertiary/aromatic N) is 2. The Morgan fingerprint density at radius 2 is 2.15 bits per heavy atom. The summed E-state index contributed by atoms with van der Waals surface area (Å²) in [6.45, 7) is 5.86. The molecule has 1 rings (SSSR count). The molecule has 0 aromatic carbocycles. The zero-order valence-electron chi connectivity index (χ0n) is 7.71. The summed E-state index contributed by atoms with van der Waals surface area (Å²) in [5.74, 6) is -0.970. The van der Waals surface area contributed by atoms with E-state index in [1.54, 1.807) is 4.68 Å². The molecule has 1 heterocycles. The molecule has 0 aliphatic carbocycles. The van der Waals surface area contributed by atoms with Crippen molar-refractivity contribution in [2.45, 2.75) is 26.3 Å². The predicted octanol–water partition coefficient (Wildman–Crippen LogP) is 2.10. The fraction of sp³-hybridized carbons (Fsp3) is 0.500. The Labute approximate surface area is 84.7 Å². The van der Waals surface area contributed by atoms with E-state index >= 15 is 0 Å². The summed E-state index contributed by atoms with van der Waals surface area (Å²) >= 11 is 3.21. The van der Waals surface area contributed by atoms with Crippen LogP contribution in [0, 0.1) is 0 Å². The summed E-state index contributed by atoms with van der Waals surface area (Å²) in [5, 5.41) is 12.8. The fourth-order valence-corrected chi connectivity index (χ4v) is 1.84. The van der Waals surface area contributed by atoms with E-state index in [-0.39, 0.29) is 11.1 Å². The van der Waals surface area contributed by atoms with Gasteiger partial charge in [-0.1, -0.05) is 0 Å². The Hall–Kier alpha value is -0.840. The minimum atomic E-state index is -0.970. The molecule has 5 heteroatoms. The average Bonchev–Trinajstić information content (AvgIpc) is 2.28. The second-order valence-corrected chi connectivity index (χ2v) is 4.49. The second kappa shape index (κ2) is 3.14. The van der Waals surface area contributed by atoms with Crippen molar-refractivity contribution < 1.29 is 9.90 Å². The number of aromatic carboxylic acids is 1. The zero-order valence-corrected chi connectivity index (χ0v) is 9.29. The van der Waals surface area contributed by atoms with Gasteiger partial charge in [0, 0.05) is 0 Å². The third-order valence-electron chi connectivity index (χ3n) is 1.58. The van der Waals surface area contributed by atoms with E-state index in [0.29, 0.717) is 4.60 Å². The first-order valence-corrected chi connectivity index (χ1v) is 4.60. The van der Waals surface area contributed by atoms with Gasteiger partial charge in [-0.3, -0.25) is 4.68 Å². The summed E-state index contributed by atoms with van der Waals surface area (Å²) in [4.78, 5) is 10.7. The summed E-state index contributed by atoms with van der Waals surface area (Å²) in [6.07, 6.45) is 1.34. The van der Waals surface area contributed by atoms with Gasteiger partial charge < -0.3 is 5.11 Å². The van der Waals surface area contributed by atoms with Gasteiger partial charge in [0.05, 0.1) is 11.7 Å². The van der Waals surface area contributed by atoms with Gasteiger partial charge in [-0.25, -0.2) is 4.79 Å². The topological polar surface area (TPSA) is 55.1 Å². The highest BCUT2D eigenvalue weighted by Gasteiger charge is 2.21. The van der Waals surface area contributed by atoms with Crippen molar-refractivity contribution in [2.75, 3.05) is 0 Å². The van der Waals surface area contributed by atoms with E-state index in [0.717, 1.165) is 0 Å². The Morgan fingerprint density at radius 1 is 1.62 bits per heavy atom. The van der Waals surface area contributed by atoms with E-state index in [1.807, 2.05) is 20.8 Å². The maximum absolute atomic E-state index is 10.7. The van der Waals surface area contributed by atoms with Gasteiger partial charge in [0.2, 0.25) is 0 Å². The number of hydrogen-bond acceptors (Lipinski definition) is 2. The van der Waals surface area contributed by atoms with Crippen LogP contribution in [0.2, 0.25) is 0 Å². The largest absolute Gasteiger partial charge is 0.478 e. The second-order valence-electron chi connectivity index (χ2n) is 3.74. The van der Waals surface area contributed by atoms with Gasteiger partial charge in [0.25, 0.3) is 0 Å². The predicted molar refractivity (Wildman–Crippen MR) is 51.9 cm³/mol. The number of carbonyl (C=O) groups is 1. The molecule has 0 saturated heterocycles. The first-order chi connectivity index (χ1) is 5.84. The van der Waals surface area contributed by atoms with Crippen LogP contribution in [0.25, 0.3) is 0 Å². The molecule has 72 valence electrons. The highest BCUT2D eigenvalue weighted by molar-refractivity contribution is 9.10. The Balaban J connectivity index is 3.22. The van der Waals surface area contributed by atoms with Crippen LogP contribution in [0.4, 0.5) is 0 Å². The monoisotopic (exact) mass is 246 g/mol. The number of halogens is 1. The van der Waals surface area contributed by atoms with Gasteiger partial charge in [-0.05, 0) is 36.7 Å². The first-order valence-electron chi connectivity index (χ1n) is 3.81. The third kappa shape index (κ3) is 1.91. The van der Waals surface area contributed by atoms with E-state index in [4.69, 9.17) is 5.11 Å². The minimum absolute atomic E-state index is 0.190. The number of carboxylic acid groups (broad SMARTS) is 1.